The molecule has 0 bridgehead atoms. The molecule has 0 saturated heterocycles. The first-order valence-corrected chi connectivity index (χ1v) is 7.42. The molecule has 7 heteroatoms. The molecule has 0 radical (unpaired) electrons. The summed E-state index contributed by atoms with van der Waals surface area (Å²) in [5.74, 6) is -3.16. The van der Waals surface area contributed by atoms with Crippen LogP contribution in [0.1, 0.15) is 16.1 Å². The zero-order valence-corrected chi connectivity index (χ0v) is 13.5. The molecule has 1 heterocycles. The van der Waals surface area contributed by atoms with Crippen LogP contribution in [0.3, 0.4) is 0 Å². The van der Waals surface area contributed by atoms with Crippen LogP contribution in [0.5, 0.6) is 0 Å². The van der Waals surface area contributed by atoms with Crippen LogP contribution < -0.4 is 5.32 Å². The van der Waals surface area contributed by atoms with Crippen LogP contribution in [-0.2, 0) is 7.05 Å². The molecular formula is C18H14F3N3O. The molecule has 0 atom stereocenters. The number of benzene rings is 2. The van der Waals surface area contributed by atoms with E-state index in [9.17, 15) is 18.0 Å². The Morgan fingerprint density at radius 3 is 2.40 bits per heavy atom. The summed E-state index contributed by atoms with van der Waals surface area (Å²) in [6.45, 7) is 1.68. The van der Waals surface area contributed by atoms with Crippen molar-refractivity contribution in [3.63, 3.8) is 0 Å². The number of aromatic nitrogens is 2. The zero-order valence-electron chi connectivity index (χ0n) is 13.5. The molecule has 2 aromatic carbocycles. The van der Waals surface area contributed by atoms with Gasteiger partial charge in [0.25, 0.3) is 5.91 Å². The van der Waals surface area contributed by atoms with Crippen molar-refractivity contribution in [1.29, 1.82) is 0 Å². The van der Waals surface area contributed by atoms with E-state index in [1.165, 1.54) is 22.9 Å². The van der Waals surface area contributed by atoms with Crippen LogP contribution in [0, 0.1) is 24.4 Å². The topological polar surface area (TPSA) is 46.9 Å². The van der Waals surface area contributed by atoms with Crippen molar-refractivity contribution >= 4 is 11.6 Å². The van der Waals surface area contributed by atoms with Gasteiger partial charge in [-0.1, -0.05) is 12.1 Å². The zero-order chi connectivity index (χ0) is 18.1. The van der Waals surface area contributed by atoms with E-state index in [1.807, 2.05) is 0 Å². The summed E-state index contributed by atoms with van der Waals surface area (Å²) in [6, 6.07) is 7.12. The van der Waals surface area contributed by atoms with E-state index in [0.717, 1.165) is 18.2 Å². The average molecular weight is 345 g/mol. The first-order chi connectivity index (χ1) is 11.9. The highest BCUT2D eigenvalue weighted by atomic mass is 19.1. The minimum atomic E-state index is -0.860. The van der Waals surface area contributed by atoms with E-state index in [-0.39, 0.29) is 16.8 Å². The monoisotopic (exact) mass is 345 g/mol. The SMILES string of the molecule is Cc1nn(C)cc1-c1cc(F)c(NC(=O)c2ccccc2F)cc1F. The van der Waals surface area contributed by atoms with Gasteiger partial charge in [-0.25, -0.2) is 13.2 Å². The second kappa shape index (κ2) is 6.43. The van der Waals surface area contributed by atoms with Crippen LogP contribution in [0.15, 0.2) is 42.6 Å². The Hall–Kier alpha value is -3.09. The molecule has 0 fully saturated rings. The fourth-order valence-corrected chi connectivity index (χ4v) is 2.55. The molecular weight excluding hydrogens is 331 g/mol. The number of nitrogens with zero attached hydrogens (tertiary/aromatic N) is 2. The summed E-state index contributed by atoms with van der Waals surface area (Å²) < 4.78 is 43.8. The maximum atomic E-state index is 14.4. The fraction of sp³-hybridized carbons (Fsp3) is 0.111. The highest BCUT2D eigenvalue weighted by Gasteiger charge is 2.18. The van der Waals surface area contributed by atoms with Gasteiger partial charge < -0.3 is 5.32 Å². The Morgan fingerprint density at radius 1 is 1.04 bits per heavy atom. The predicted octanol–water partition coefficient (Wildman–Crippen LogP) is 4.07. The summed E-state index contributed by atoms with van der Waals surface area (Å²) in [6.07, 6.45) is 1.57. The molecule has 3 aromatic rings. The van der Waals surface area contributed by atoms with Crippen molar-refractivity contribution < 1.29 is 18.0 Å². The van der Waals surface area contributed by atoms with Crippen molar-refractivity contribution in [3.8, 4) is 11.1 Å². The normalized spacial score (nSPS) is 10.8. The molecule has 1 N–H and O–H groups in total. The van der Waals surface area contributed by atoms with E-state index < -0.39 is 23.4 Å². The van der Waals surface area contributed by atoms with Crippen molar-refractivity contribution in [1.82, 2.24) is 9.78 Å². The maximum Gasteiger partial charge on any atom is 0.258 e. The van der Waals surface area contributed by atoms with Crippen molar-refractivity contribution in [3.05, 3.63) is 71.3 Å². The van der Waals surface area contributed by atoms with E-state index in [4.69, 9.17) is 0 Å². The third-order valence-corrected chi connectivity index (χ3v) is 3.73. The molecule has 0 saturated carbocycles. The standard InChI is InChI=1S/C18H14F3N3O/c1-10-13(9-24(2)23-10)12-7-16(21)17(8-15(12)20)22-18(25)11-5-3-4-6-14(11)19/h3-9H,1-2H3,(H,22,25). The number of anilines is 1. The van der Waals surface area contributed by atoms with Crippen molar-refractivity contribution in [2.24, 2.45) is 7.05 Å². The number of aryl methyl sites for hydroxylation is 2. The molecule has 0 unspecified atom stereocenters. The Kier molecular flexibility index (Phi) is 4.31. The van der Waals surface area contributed by atoms with Gasteiger partial charge in [-0.05, 0) is 25.1 Å². The summed E-state index contributed by atoms with van der Waals surface area (Å²) in [5.41, 5.74) is 0.410. The van der Waals surface area contributed by atoms with Gasteiger partial charge in [0, 0.05) is 30.4 Å². The van der Waals surface area contributed by atoms with E-state index in [2.05, 4.69) is 10.4 Å². The minimum absolute atomic E-state index is 0.0343. The molecule has 25 heavy (non-hydrogen) atoms. The van der Waals surface area contributed by atoms with Gasteiger partial charge in [0.1, 0.15) is 17.5 Å². The number of halogens is 3. The Morgan fingerprint density at radius 2 is 1.76 bits per heavy atom. The number of carbonyl (C=O) groups is 1. The smallest absolute Gasteiger partial charge is 0.258 e. The third-order valence-electron chi connectivity index (χ3n) is 3.73. The molecule has 128 valence electrons. The van der Waals surface area contributed by atoms with Gasteiger partial charge in [0.15, 0.2) is 0 Å². The number of carbonyl (C=O) groups excluding carboxylic acids is 1. The molecule has 4 nitrogen and oxygen atoms in total. The van der Waals surface area contributed by atoms with Crippen LogP contribution in [0.4, 0.5) is 18.9 Å². The minimum Gasteiger partial charge on any atom is -0.319 e. The largest absolute Gasteiger partial charge is 0.319 e. The number of nitrogens with one attached hydrogen (secondary N) is 1. The third kappa shape index (κ3) is 3.26. The van der Waals surface area contributed by atoms with Crippen molar-refractivity contribution in [2.45, 2.75) is 6.92 Å². The van der Waals surface area contributed by atoms with Gasteiger partial charge in [-0.15, -0.1) is 0 Å². The second-order valence-electron chi connectivity index (χ2n) is 5.55. The van der Waals surface area contributed by atoms with E-state index in [1.54, 1.807) is 20.2 Å². The van der Waals surface area contributed by atoms with Gasteiger partial charge in [-0.2, -0.15) is 5.10 Å². The summed E-state index contributed by atoms with van der Waals surface area (Å²) >= 11 is 0. The predicted molar refractivity (Wildman–Crippen MR) is 87.7 cm³/mol. The van der Waals surface area contributed by atoms with Gasteiger partial charge >= 0.3 is 0 Å². The average Bonchev–Trinajstić information content (AvgIpc) is 2.89. The molecule has 3 rings (SSSR count). The molecule has 1 aromatic heterocycles. The summed E-state index contributed by atoms with van der Waals surface area (Å²) in [7, 11) is 1.67. The highest BCUT2D eigenvalue weighted by molar-refractivity contribution is 6.04. The quantitative estimate of drug-likeness (QED) is 0.778. The highest BCUT2D eigenvalue weighted by Crippen LogP contribution is 2.30. The van der Waals surface area contributed by atoms with Crippen LogP contribution >= 0.6 is 0 Å². The van der Waals surface area contributed by atoms with Gasteiger partial charge in [0.05, 0.1) is 16.9 Å². The number of hydrogen-bond donors (Lipinski definition) is 1. The van der Waals surface area contributed by atoms with Crippen LogP contribution in [-0.4, -0.2) is 15.7 Å². The lowest BCUT2D eigenvalue weighted by Crippen LogP contribution is -2.15. The Labute approximate surface area is 141 Å². The van der Waals surface area contributed by atoms with Crippen molar-refractivity contribution in [2.75, 3.05) is 5.32 Å². The molecule has 0 aliphatic carbocycles. The number of amides is 1. The van der Waals surface area contributed by atoms with E-state index >= 15 is 0 Å². The molecule has 0 aliphatic rings. The summed E-state index contributed by atoms with van der Waals surface area (Å²) in [5, 5.41) is 6.29. The first-order valence-electron chi connectivity index (χ1n) is 7.42. The lowest BCUT2D eigenvalue weighted by Gasteiger charge is -2.10. The van der Waals surface area contributed by atoms with E-state index in [0.29, 0.717) is 11.3 Å². The molecule has 0 spiro atoms. The summed E-state index contributed by atoms with van der Waals surface area (Å²) in [4.78, 5) is 12.1. The molecule has 0 aliphatic heterocycles. The van der Waals surface area contributed by atoms with Gasteiger partial charge in [-0.3, -0.25) is 9.48 Å². The Bertz CT molecular complexity index is 966. The van der Waals surface area contributed by atoms with Gasteiger partial charge in [0.2, 0.25) is 0 Å². The van der Waals surface area contributed by atoms with Crippen LogP contribution in [0.25, 0.3) is 11.1 Å². The first kappa shape index (κ1) is 16.8. The Balaban J connectivity index is 1.94. The lowest BCUT2D eigenvalue weighted by molar-refractivity contribution is 0.102. The number of rotatable bonds is 3. The lowest BCUT2D eigenvalue weighted by atomic mass is 10.1. The molecule has 1 amide bonds. The van der Waals surface area contributed by atoms with Crippen LogP contribution in [0.2, 0.25) is 0 Å². The fourth-order valence-electron chi connectivity index (χ4n) is 2.55. The maximum absolute atomic E-state index is 14.4. The number of hydrogen-bond acceptors (Lipinski definition) is 2. The second-order valence-corrected chi connectivity index (χ2v) is 5.55.